The van der Waals surface area contributed by atoms with Crippen LogP contribution in [0.2, 0.25) is 0 Å². The average molecular weight is 315 g/mol. The monoisotopic (exact) mass is 313 g/mol. The lowest BCUT2D eigenvalue weighted by atomic mass is 10.1. The van der Waals surface area contributed by atoms with Crippen molar-refractivity contribution in [2.75, 3.05) is 0 Å². The summed E-state index contributed by atoms with van der Waals surface area (Å²) in [7, 11) is 0. The van der Waals surface area contributed by atoms with Crippen molar-refractivity contribution in [3.63, 3.8) is 0 Å². The van der Waals surface area contributed by atoms with E-state index in [4.69, 9.17) is 0 Å². The first-order chi connectivity index (χ1) is 6.61. The van der Waals surface area contributed by atoms with Gasteiger partial charge in [0.05, 0.1) is 0 Å². The van der Waals surface area contributed by atoms with E-state index in [-0.39, 0.29) is 0 Å². The lowest BCUT2D eigenvalue weighted by Crippen LogP contribution is -1.88. The van der Waals surface area contributed by atoms with E-state index >= 15 is 0 Å². The maximum absolute atomic E-state index is 4.31. The fraction of sp³-hybridized carbons (Fsp3) is 0.182. The maximum atomic E-state index is 4.31. The van der Waals surface area contributed by atoms with Gasteiger partial charge in [-0.3, -0.25) is 4.98 Å². The second-order valence-corrected chi connectivity index (χ2v) is 4.99. The minimum atomic E-state index is 1.07. The van der Waals surface area contributed by atoms with E-state index < -0.39 is 0 Å². The third kappa shape index (κ3) is 1.48. The molecule has 0 atom stereocenters. The summed E-state index contributed by atoms with van der Waals surface area (Å²) in [5.74, 6) is 0. The summed E-state index contributed by atoms with van der Waals surface area (Å²) in [5, 5.41) is 2.45. The average Bonchev–Trinajstić information content (AvgIpc) is 2.14. The molecule has 1 heterocycles. The lowest BCUT2D eigenvalue weighted by Gasteiger charge is -2.08. The van der Waals surface area contributed by atoms with Crippen molar-refractivity contribution in [1.29, 1.82) is 0 Å². The second kappa shape index (κ2) is 3.63. The number of aryl methyl sites for hydroxylation is 2. The van der Waals surface area contributed by atoms with E-state index in [2.05, 4.69) is 49.8 Å². The SMILES string of the molecule is Cc1nccc2c(Br)cc(Br)c(C)c12. The van der Waals surface area contributed by atoms with Crippen molar-refractivity contribution in [1.82, 2.24) is 4.98 Å². The number of benzene rings is 1. The molecular formula is C11H9Br2N. The fourth-order valence-corrected chi connectivity index (χ4v) is 2.95. The molecule has 72 valence electrons. The van der Waals surface area contributed by atoms with Crippen molar-refractivity contribution in [3.8, 4) is 0 Å². The largest absolute Gasteiger partial charge is 0.261 e. The summed E-state index contributed by atoms with van der Waals surface area (Å²) in [6.45, 7) is 4.14. The van der Waals surface area contributed by atoms with Crippen molar-refractivity contribution in [2.24, 2.45) is 0 Å². The number of hydrogen-bond donors (Lipinski definition) is 0. The molecular weight excluding hydrogens is 306 g/mol. The Kier molecular flexibility index (Phi) is 2.62. The summed E-state index contributed by atoms with van der Waals surface area (Å²) < 4.78 is 2.23. The van der Waals surface area contributed by atoms with Crippen LogP contribution in [0.4, 0.5) is 0 Å². The van der Waals surface area contributed by atoms with Gasteiger partial charge in [0.2, 0.25) is 0 Å². The highest BCUT2D eigenvalue weighted by atomic mass is 79.9. The molecule has 14 heavy (non-hydrogen) atoms. The standard InChI is InChI=1S/C11H9Br2N/c1-6-9(12)5-10(13)8-3-4-14-7(2)11(6)8/h3-5H,1-2H3. The smallest absolute Gasteiger partial charge is 0.0454 e. The van der Waals surface area contributed by atoms with E-state index in [1.807, 2.05) is 19.2 Å². The molecule has 1 aromatic heterocycles. The number of nitrogens with zero attached hydrogens (tertiary/aromatic N) is 1. The Morgan fingerprint density at radius 2 is 1.86 bits per heavy atom. The Bertz CT molecular complexity index is 506. The van der Waals surface area contributed by atoms with Gasteiger partial charge in [-0.05, 0) is 36.9 Å². The summed E-state index contributed by atoms with van der Waals surface area (Å²) >= 11 is 7.10. The quantitative estimate of drug-likeness (QED) is 0.703. The normalized spacial score (nSPS) is 10.9. The van der Waals surface area contributed by atoms with Crippen molar-refractivity contribution in [2.45, 2.75) is 13.8 Å². The molecule has 0 amide bonds. The van der Waals surface area contributed by atoms with Gasteiger partial charge in [0.1, 0.15) is 0 Å². The van der Waals surface area contributed by atoms with Crippen LogP contribution < -0.4 is 0 Å². The maximum Gasteiger partial charge on any atom is 0.0454 e. The summed E-state index contributed by atoms with van der Waals surface area (Å²) in [4.78, 5) is 4.31. The molecule has 1 aromatic carbocycles. The molecule has 0 aliphatic rings. The molecule has 2 rings (SSSR count). The zero-order valence-corrected chi connectivity index (χ0v) is 11.1. The van der Waals surface area contributed by atoms with Gasteiger partial charge in [0.25, 0.3) is 0 Å². The Morgan fingerprint density at radius 1 is 1.14 bits per heavy atom. The summed E-state index contributed by atoms with van der Waals surface area (Å²) in [6.07, 6.45) is 1.84. The Morgan fingerprint density at radius 3 is 2.57 bits per heavy atom. The highest BCUT2D eigenvalue weighted by Gasteiger charge is 2.08. The highest BCUT2D eigenvalue weighted by Crippen LogP contribution is 2.33. The van der Waals surface area contributed by atoms with Crippen LogP contribution in [0.5, 0.6) is 0 Å². The van der Waals surface area contributed by atoms with E-state index in [9.17, 15) is 0 Å². The van der Waals surface area contributed by atoms with Crippen LogP contribution in [0, 0.1) is 13.8 Å². The number of fused-ring (bicyclic) bond motifs is 1. The first kappa shape index (κ1) is 10.1. The molecule has 1 nitrogen and oxygen atoms in total. The van der Waals surface area contributed by atoms with Crippen molar-refractivity contribution >= 4 is 42.6 Å². The van der Waals surface area contributed by atoms with Gasteiger partial charge < -0.3 is 0 Å². The lowest BCUT2D eigenvalue weighted by molar-refractivity contribution is 1.22. The van der Waals surface area contributed by atoms with Crippen LogP contribution in [0.3, 0.4) is 0 Å². The zero-order valence-electron chi connectivity index (χ0n) is 7.94. The van der Waals surface area contributed by atoms with E-state index in [0.29, 0.717) is 0 Å². The van der Waals surface area contributed by atoms with Crippen LogP contribution in [0.1, 0.15) is 11.3 Å². The first-order valence-corrected chi connectivity index (χ1v) is 5.90. The van der Waals surface area contributed by atoms with Gasteiger partial charge in [-0.1, -0.05) is 31.9 Å². The first-order valence-electron chi connectivity index (χ1n) is 4.31. The number of pyridine rings is 1. The molecule has 3 heteroatoms. The fourth-order valence-electron chi connectivity index (χ4n) is 1.66. The predicted molar refractivity (Wildman–Crippen MR) is 66.6 cm³/mol. The van der Waals surface area contributed by atoms with Crippen LogP contribution in [0.25, 0.3) is 10.8 Å². The summed E-state index contributed by atoms with van der Waals surface area (Å²) in [6, 6.07) is 4.11. The zero-order chi connectivity index (χ0) is 10.3. The van der Waals surface area contributed by atoms with E-state index in [1.54, 1.807) is 0 Å². The molecule has 0 saturated heterocycles. The van der Waals surface area contributed by atoms with Gasteiger partial charge in [0, 0.05) is 26.2 Å². The number of halogens is 2. The molecule has 0 spiro atoms. The molecule has 0 N–H and O–H groups in total. The Balaban J connectivity index is 3.03. The predicted octanol–water partition coefficient (Wildman–Crippen LogP) is 4.38. The Labute approximate surface area is 99.8 Å². The van der Waals surface area contributed by atoms with Crippen LogP contribution in [-0.4, -0.2) is 4.98 Å². The molecule has 2 aromatic rings. The van der Waals surface area contributed by atoms with Gasteiger partial charge in [-0.15, -0.1) is 0 Å². The van der Waals surface area contributed by atoms with Crippen LogP contribution >= 0.6 is 31.9 Å². The molecule has 0 saturated carbocycles. The number of rotatable bonds is 0. The van der Waals surface area contributed by atoms with Gasteiger partial charge in [-0.2, -0.15) is 0 Å². The van der Waals surface area contributed by atoms with Gasteiger partial charge in [-0.25, -0.2) is 0 Å². The molecule has 0 aliphatic carbocycles. The molecule has 0 radical (unpaired) electrons. The summed E-state index contributed by atoms with van der Waals surface area (Å²) in [5.41, 5.74) is 2.32. The van der Waals surface area contributed by atoms with Crippen molar-refractivity contribution < 1.29 is 0 Å². The minimum Gasteiger partial charge on any atom is -0.261 e. The molecule has 0 unspecified atom stereocenters. The third-order valence-corrected chi connectivity index (χ3v) is 3.86. The van der Waals surface area contributed by atoms with E-state index in [1.165, 1.54) is 16.3 Å². The second-order valence-electron chi connectivity index (χ2n) is 3.28. The van der Waals surface area contributed by atoms with Crippen molar-refractivity contribution in [3.05, 3.63) is 38.5 Å². The van der Waals surface area contributed by atoms with Crippen LogP contribution in [0.15, 0.2) is 27.3 Å². The molecule has 0 bridgehead atoms. The topological polar surface area (TPSA) is 12.9 Å². The Hall–Kier alpha value is -0.410. The number of aromatic nitrogens is 1. The minimum absolute atomic E-state index is 1.07. The third-order valence-electron chi connectivity index (χ3n) is 2.38. The van der Waals surface area contributed by atoms with Crippen LogP contribution in [-0.2, 0) is 0 Å². The number of hydrogen-bond acceptors (Lipinski definition) is 1. The highest BCUT2D eigenvalue weighted by molar-refractivity contribution is 9.11. The van der Waals surface area contributed by atoms with Gasteiger partial charge >= 0.3 is 0 Å². The van der Waals surface area contributed by atoms with E-state index in [0.717, 1.165) is 14.6 Å². The van der Waals surface area contributed by atoms with Gasteiger partial charge in [0.15, 0.2) is 0 Å². The molecule has 0 aliphatic heterocycles. The molecule has 0 fully saturated rings.